The molecule has 1 unspecified atom stereocenters. The highest BCUT2D eigenvalue weighted by atomic mass is 16.1. The molecule has 0 bridgehead atoms. The van der Waals surface area contributed by atoms with Gasteiger partial charge in [-0.05, 0) is 20.3 Å². The fourth-order valence-corrected chi connectivity index (χ4v) is 2.51. The van der Waals surface area contributed by atoms with Crippen LogP contribution >= 0.6 is 0 Å². The van der Waals surface area contributed by atoms with E-state index in [-0.39, 0.29) is 17.9 Å². The number of nitrogens with zero attached hydrogens (tertiary/aromatic N) is 5. The predicted molar refractivity (Wildman–Crippen MR) is 82.2 cm³/mol. The largest absolute Gasteiger partial charge is 0.368 e. The van der Waals surface area contributed by atoms with E-state index in [4.69, 9.17) is 5.73 Å². The first kappa shape index (κ1) is 15.3. The van der Waals surface area contributed by atoms with Crippen molar-refractivity contribution in [1.29, 1.82) is 0 Å². The summed E-state index contributed by atoms with van der Waals surface area (Å²) in [6.45, 7) is 8.74. The highest BCUT2D eigenvalue weighted by Crippen LogP contribution is 2.19. The van der Waals surface area contributed by atoms with E-state index < -0.39 is 0 Å². The van der Waals surface area contributed by atoms with Gasteiger partial charge >= 0.3 is 0 Å². The maximum Gasteiger partial charge on any atom is 0.232 e. The molecule has 1 aliphatic rings. The summed E-state index contributed by atoms with van der Waals surface area (Å²) in [5.74, 6) is 1.40. The summed E-state index contributed by atoms with van der Waals surface area (Å²) in [6.07, 6.45) is 0.881. The number of carbonyl (C=O) groups excluding carboxylic acids is 1. The van der Waals surface area contributed by atoms with Gasteiger partial charge < -0.3 is 20.9 Å². The van der Waals surface area contributed by atoms with Crippen molar-refractivity contribution >= 4 is 23.8 Å². The van der Waals surface area contributed by atoms with Crippen molar-refractivity contribution in [3.8, 4) is 0 Å². The number of hydrogen-bond donors (Lipinski definition) is 2. The van der Waals surface area contributed by atoms with Crippen LogP contribution in [0.5, 0.6) is 0 Å². The van der Waals surface area contributed by atoms with E-state index in [2.05, 4.69) is 20.3 Å². The summed E-state index contributed by atoms with van der Waals surface area (Å²) in [5.41, 5.74) is 5.80. The molecule has 8 nitrogen and oxygen atoms in total. The molecule has 0 aliphatic carbocycles. The molecule has 0 spiro atoms. The minimum absolute atomic E-state index is 0.0131. The van der Waals surface area contributed by atoms with Crippen molar-refractivity contribution in [3.63, 3.8) is 0 Å². The summed E-state index contributed by atoms with van der Waals surface area (Å²) in [7, 11) is 0. The van der Waals surface area contributed by atoms with E-state index in [1.165, 1.54) is 6.92 Å². The molecule has 116 valence electrons. The van der Waals surface area contributed by atoms with Crippen molar-refractivity contribution in [2.45, 2.75) is 33.2 Å². The Hall–Kier alpha value is -2.12. The van der Waals surface area contributed by atoms with Crippen molar-refractivity contribution in [1.82, 2.24) is 20.3 Å². The monoisotopic (exact) mass is 293 g/mol. The van der Waals surface area contributed by atoms with Crippen LogP contribution in [0.3, 0.4) is 0 Å². The van der Waals surface area contributed by atoms with E-state index in [1.54, 1.807) is 0 Å². The Kier molecular flexibility index (Phi) is 4.77. The van der Waals surface area contributed by atoms with Crippen molar-refractivity contribution in [2.75, 3.05) is 41.7 Å². The van der Waals surface area contributed by atoms with Gasteiger partial charge in [-0.3, -0.25) is 4.79 Å². The number of nitrogen functional groups attached to an aromatic ring is 1. The normalized spacial score (nSPS) is 17.9. The van der Waals surface area contributed by atoms with Crippen molar-refractivity contribution < 1.29 is 4.79 Å². The number of rotatable bonds is 5. The summed E-state index contributed by atoms with van der Waals surface area (Å²) >= 11 is 0. The molecular weight excluding hydrogens is 270 g/mol. The first-order chi connectivity index (χ1) is 10.0. The zero-order valence-electron chi connectivity index (χ0n) is 12.8. The Morgan fingerprint density at radius 1 is 1.38 bits per heavy atom. The Balaban J connectivity index is 2.15. The summed E-state index contributed by atoms with van der Waals surface area (Å²) in [5, 5.41) is 2.92. The van der Waals surface area contributed by atoms with Gasteiger partial charge in [0.05, 0.1) is 0 Å². The van der Waals surface area contributed by atoms with Crippen LogP contribution in [0.4, 0.5) is 17.8 Å². The maximum atomic E-state index is 11.1. The Bertz CT molecular complexity index is 503. The second-order valence-electron chi connectivity index (χ2n) is 5.10. The zero-order valence-corrected chi connectivity index (χ0v) is 12.8. The summed E-state index contributed by atoms with van der Waals surface area (Å²) in [4.78, 5) is 28.1. The molecule has 2 heterocycles. The first-order valence-electron chi connectivity index (χ1n) is 7.32. The van der Waals surface area contributed by atoms with Gasteiger partial charge in [0.15, 0.2) is 0 Å². The average Bonchev–Trinajstić information content (AvgIpc) is 2.87. The molecule has 8 heteroatoms. The minimum atomic E-state index is -0.0131. The van der Waals surface area contributed by atoms with E-state index in [0.29, 0.717) is 18.4 Å². The molecule has 1 atom stereocenters. The molecule has 1 fully saturated rings. The van der Waals surface area contributed by atoms with Crippen LogP contribution in [-0.4, -0.2) is 53.1 Å². The molecule has 0 aromatic carbocycles. The van der Waals surface area contributed by atoms with Gasteiger partial charge in [0.25, 0.3) is 0 Å². The van der Waals surface area contributed by atoms with Crippen LogP contribution in [0.25, 0.3) is 0 Å². The van der Waals surface area contributed by atoms with Crippen molar-refractivity contribution in [2.24, 2.45) is 0 Å². The van der Waals surface area contributed by atoms with Gasteiger partial charge in [-0.25, -0.2) is 0 Å². The molecule has 1 saturated heterocycles. The lowest BCUT2D eigenvalue weighted by molar-refractivity contribution is -0.119. The highest BCUT2D eigenvalue weighted by molar-refractivity contribution is 5.73. The van der Waals surface area contributed by atoms with E-state index in [1.807, 2.05) is 23.6 Å². The topological polar surface area (TPSA) is 100 Å². The Morgan fingerprint density at radius 3 is 2.71 bits per heavy atom. The second-order valence-corrected chi connectivity index (χ2v) is 5.10. The Labute approximate surface area is 124 Å². The highest BCUT2D eigenvalue weighted by Gasteiger charge is 2.26. The number of aromatic nitrogens is 3. The molecule has 1 aromatic heterocycles. The molecule has 1 amide bonds. The lowest BCUT2D eigenvalue weighted by Gasteiger charge is -2.22. The molecule has 0 radical (unpaired) electrons. The van der Waals surface area contributed by atoms with Crippen LogP contribution in [0.2, 0.25) is 0 Å². The average molecular weight is 293 g/mol. The first-order valence-corrected chi connectivity index (χ1v) is 7.32. The van der Waals surface area contributed by atoms with E-state index in [9.17, 15) is 4.79 Å². The standard InChI is InChI=1S/C13H23N7O/c1-4-19(5-2)12-16-11(14)17-13(18-12)20-7-6-10(8-20)15-9(3)21/h10H,4-8H2,1-3H3,(H,15,21)(H2,14,16,17,18). The number of amides is 1. The fourth-order valence-electron chi connectivity index (χ4n) is 2.51. The third-order valence-corrected chi connectivity index (χ3v) is 3.55. The number of nitrogens with two attached hydrogens (primary N) is 1. The quantitative estimate of drug-likeness (QED) is 0.789. The van der Waals surface area contributed by atoms with Crippen LogP contribution < -0.4 is 20.9 Å². The SMILES string of the molecule is CCN(CC)c1nc(N)nc(N2CCC(NC(C)=O)C2)n1. The van der Waals surface area contributed by atoms with Crippen LogP contribution in [0, 0.1) is 0 Å². The third kappa shape index (κ3) is 3.71. The van der Waals surface area contributed by atoms with Gasteiger partial charge in [0.2, 0.25) is 23.8 Å². The lowest BCUT2D eigenvalue weighted by Crippen LogP contribution is -2.36. The molecule has 0 saturated carbocycles. The van der Waals surface area contributed by atoms with Crippen LogP contribution in [0.15, 0.2) is 0 Å². The number of carbonyl (C=O) groups is 1. The molecule has 2 rings (SSSR count). The second kappa shape index (κ2) is 6.55. The van der Waals surface area contributed by atoms with E-state index in [0.717, 1.165) is 26.1 Å². The molecule has 3 N–H and O–H groups in total. The van der Waals surface area contributed by atoms with Crippen molar-refractivity contribution in [3.05, 3.63) is 0 Å². The van der Waals surface area contributed by atoms with E-state index >= 15 is 0 Å². The summed E-state index contributed by atoms with van der Waals surface area (Å²) in [6, 6.07) is 0.136. The predicted octanol–water partition coefficient (Wildman–Crippen LogP) is 0.0148. The minimum Gasteiger partial charge on any atom is -0.368 e. The molecule has 1 aliphatic heterocycles. The summed E-state index contributed by atoms with van der Waals surface area (Å²) < 4.78 is 0. The van der Waals surface area contributed by atoms with Gasteiger partial charge in [-0.2, -0.15) is 15.0 Å². The Morgan fingerprint density at radius 2 is 2.10 bits per heavy atom. The lowest BCUT2D eigenvalue weighted by atomic mass is 10.3. The molecule has 21 heavy (non-hydrogen) atoms. The fraction of sp³-hybridized carbons (Fsp3) is 0.692. The van der Waals surface area contributed by atoms with Crippen LogP contribution in [0.1, 0.15) is 27.2 Å². The maximum absolute atomic E-state index is 11.1. The van der Waals surface area contributed by atoms with Gasteiger partial charge in [-0.15, -0.1) is 0 Å². The van der Waals surface area contributed by atoms with Gasteiger partial charge in [0.1, 0.15) is 0 Å². The number of hydrogen-bond acceptors (Lipinski definition) is 7. The molecule has 1 aromatic rings. The smallest absolute Gasteiger partial charge is 0.232 e. The van der Waals surface area contributed by atoms with Crippen LogP contribution in [-0.2, 0) is 4.79 Å². The number of nitrogens with one attached hydrogen (secondary N) is 1. The third-order valence-electron chi connectivity index (χ3n) is 3.55. The van der Waals surface area contributed by atoms with Gasteiger partial charge in [0, 0.05) is 39.1 Å². The molecular formula is C13H23N7O. The van der Waals surface area contributed by atoms with Gasteiger partial charge in [-0.1, -0.05) is 0 Å². The number of anilines is 3. The zero-order chi connectivity index (χ0) is 15.4.